The lowest BCUT2D eigenvalue weighted by atomic mass is 10.3. The zero-order valence-electron chi connectivity index (χ0n) is 7.79. The molecule has 0 saturated heterocycles. The lowest BCUT2D eigenvalue weighted by molar-refractivity contribution is 0.256. The van der Waals surface area contributed by atoms with Crippen molar-refractivity contribution in [2.24, 2.45) is 11.5 Å². The topological polar surface area (TPSA) is 124 Å². The van der Waals surface area contributed by atoms with E-state index < -0.39 is 6.03 Å². The van der Waals surface area contributed by atoms with Crippen LogP contribution in [-0.4, -0.2) is 26.4 Å². The molecule has 0 bridgehead atoms. The zero-order valence-corrected chi connectivity index (χ0v) is 7.79. The van der Waals surface area contributed by atoms with E-state index >= 15 is 0 Å². The normalized spacial score (nSPS) is 8.80. The maximum Gasteiger partial charge on any atom is 0.309 e. The minimum Gasteiger partial charge on any atom is -0.352 e. The fourth-order valence-corrected chi connectivity index (χ4v) is 0.839. The quantitative estimate of drug-likeness (QED) is 0.602. The van der Waals surface area contributed by atoms with Crippen molar-refractivity contribution in [2.45, 2.75) is 0 Å². The Morgan fingerprint density at radius 2 is 2.00 bits per heavy atom. The molecule has 15 heavy (non-hydrogen) atoms. The summed E-state index contributed by atoms with van der Waals surface area (Å²) in [5, 5.41) is 10.1. The van der Waals surface area contributed by atoms with Crippen LogP contribution in [0.15, 0.2) is 30.6 Å². The van der Waals surface area contributed by atoms with Crippen LogP contribution < -0.4 is 11.5 Å². The maximum absolute atomic E-state index is 9.00. The van der Waals surface area contributed by atoms with Crippen molar-refractivity contribution in [3.63, 3.8) is 0 Å². The third kappa shape index (κ3) is 3.85. The molecule has 2 amide bonds. The highest BCUT2D eigenvalue weighted by atomic mass is 16.2. The third-order valence-corrected chi connectivity index (χ3v) is 1.34. The van der Waals surface area contributed by atoms with Gasteiger partial charge in [0.05, 0.1) is 11.9 Å². The number of carbonyl (C=O) groups is 1. The summed E-state index contributed by atoms with van der Waals surface area (Å²) in [6, 6.07) is 4.83. The molecule has 5 N–H and O–H groups in total. The fourth-order valence-electron chi connectivity index (χ4n) is 0.839. The number of nitrogens with one attached hydrogen (secondary N) is 1. The summed E-state index contributed by atoms with van der Waals surface area (Å²) in [7, 11) is 0. The number of hydrogen-bond donors (Lipinski definition) is 3. The van der Waals surface area contributed by atoms with Gasteiger partial charge in [0.25, 0.3) is 0 Å². The highest BCUT2D eigenvalue weighted by Crippen LogP contribution is 2.09. The Morgan fingerprint density at radius 1 is 1.27 bits per heavy atom. The summed E-state index contributed by atoms with van der Waals surface area (Å²) in [6.07, 6.45) is 3.37. The molecular weight excluding hydrogens is 196 g/mol. The molecule has 0 spiro atoms. The molecule has 0 atom stereocenters. The standard InChI is InChI=1S/C7H6N4.CH4N2O/c1-2-4-8-6(3-1)7-5-9-11-10-7;2-1(3)4/h1-5H,(H,9,10,11);(H4,2,3,4). The van der Waals surface area contributed by atoms with Gasteiger partial charge < -0.3 is 11.5 Å². The summed E-state index contributed by atoms with van der Waals surface area (Å²) in [5.74, 6) is 0. The first-order valence-corrected chi connectivity index (χ1v) is 4.02. The summed E-state index contributed by atoms with van der Waals surface area (Å²) >= 11 is 0. The number of carbonyl (C=O) groups excluding carboxylic acids is 1. The van der Waals surface area contributed by atoms with Gasteiger partial charge in [-0.1, -0.05) is 6.07 Å². The molecule has 2 heterocycles. The molecule has 0 aliphatic carbocycles. The predicted molar refractivity (Wildman–Crippen MR) is 53.4 cm³/mol. The number of amides is 2. The number of urea groups is 1. The number of nitrogens with zero attached hydrogens (tertiary/aromatic N) is 3. The average molecular weight is 206 g/mol. The van der Waals surface area contributed by atoms with Crippen LogP contribution in [0.4, 0.5) is 4.79 Å². The SMILES string of the molecule is NC(N)=O.c1ccc(-c2cn[nH]n2)nc1. The van der Waals surface area contributed by atoms with Gasteiger partial charge in [0.2, 0.25) is 0 Å². The average Bonchev–Trinajstić information content (AvgIpc) is 2.71. The third-order valence-electron chi connectivity index (χ3n) is 1.34. The van der Waals surface area contributed by atoms with E-state index in [9.17, 15) is 0 Å². The minimum absolute atomic E-state index is 0.769. The van der Waals surface area contributed by atoms with E-state index in [1.165, 1.54) is 0 Å². The van der Waals surface area contributed by atoms with E-state index in [1.54, 1.807) is 12.4 Å². The van der Waals surface area contributed by atoms with Crippen LogP contribution in [-0.2, 0) is 0 Å². The van der Waals surface area contributed by atoms with Gasteiger partial charge in [-0.2, -0.15) is 15.4 Å². The number of H-pyrrole nitrogens is 1. The Morgan fingerprint density at radius 3 is 2.47 bits per heavy atom. The first-order valence-electron chi connectivity index (χ1n) is 4.02. The summed E-state index contributed by atoms with van der Waals surface area (Å²) in [5.41, 5.74) is 10.1. The van der Waals surface area contributed by atoms with Crippen molar-refractivity contribution >= 4 is 6.03 Å². The second kappa shape index (κ2) is 5.32. The van der Waals surface area contributed by atoms with E-state index in [0.717, 1.165) is 11.4 Å². The zero-order chi connectivity index (χ0) is 11.1. The van der Waals surface area contributed by atoms with Crippen molar-refractivity contribution in [1.82, 2.24) is 20.4 Å². The van der Waals surface area contributed by atoms with Gasteiger partial charge in [0, 0.05) is 6.20 Å². The molecule has 7 nitrogen and oxygen atoms in total. The second-order valence-corrected chi connectivity index (χ2v) is 2.47. The number of pyridine rings is 1. The molecule has 0 unspecified atom stereocenters. The Labute approximate surface area is 85.5 Å². The Kier molecular flexibility index (Phi) is 3.78. The van der Waals surface area contributed by atoms with Crippen molar-refractivity contribution in [3.05, 3.63) is 30.6 Å². The van der Waals surface area contributed by atoms with E-state index in [2.05, 4.69) is 31.9 Å². The molecule has 0 aliphatic rings. The smallest absolute Gasteiger partial charge is 0.309 e. The molecule has 78 valence electrons. The number of aromatic nitrogens is 4. The predicted octanol–water partition coefficient (Wildman–Crippen LogP) is -0.110. The van der Waals surface area contributed by atoms with Crippen molar-refractivity contribution in [1.29, 1.82) is 0 Å². The van der Waals surface area contributed by atoms with Gasteiger partial charge in [0.1, 0.15) is 5.69 Å². The van der Waals surface area contributed by atoms with Crippen LogP contribution in [0.2, 0.25) is 0 Å². The molecule has 0 fully saturated rings. The van der Waals surface area contributed by atoms with E-state index in [4.69, 9.17) is 4.79 Å². The number of primary amides is 2. The Bertz CT molecular complexity index is 394. The van der Waals surface area contributed by atoms with E-state index in [1.807, 2.05) is 18.2 Å². The second-order valence-electron chi connectivity index (χ2n) is 2.47. The Hall–Kier alpha value is -2.44. The highest BCUT2D eigenvalue weighted by molar-refractivity contribution is 5.69. The number of rotatable bonds is 1. The van der Waals surface area contributed by atoms with Gasteiger partial charge in [0.15, 0.2) is 0 Å². The highest BCUT2D eigenvalue weighted by Gasteiger charge is 1.98. The van der Waals surface area contributed by atoms with Gasteiger partial charge in [-0.3, -0.25) is 4.98 Å². The van der Waals surface area contributed by atoms with Crippen LogP contribution in [0, 0.1) is 0 Å². The maximum atomic E-state index is 9.00. The first-order chi connectivity index (χ1) is 7.20. The van der Waals surface area contributed by atoms with Crippen molar-refractivity contribution in [2.75, 3.05) is 0 Å². The van der Waals surface area contributed by atoms with Crippen molar-refractivity contribution in [3.8, 4) is 11.4 Å². The van der Waals surface area contributed by atoms with Gasteiger partial charge >= 0.3 is 6.03 Å². The van der Waals surface area contributed by atoms with Crippen LogP contribution in [0.3, 0.4) is 0 Å². The number of aromatic amines is 1. The van der Waals surface area contributed by atoms with E-state index in [-0.39, 0.29) is 0 Å². The molecule has 0 saturated carbocycles. The lowest BCUT2D eigenvalue weighted by Gasteiger charge is -1.89. The van der Waals surface area contributed by atoms with Crippen LogP contribution >= 0.6 is 0 Å². The molecule has 7 heteroatoms. The number of hydrogen-bond acceptors (Lipinski definition) is 4. The summed E-state index contributed by atoms with van der Waals surface area (Å²) in [4.78, 5) is 13.1. The molecular formula is C8H10N6O. The van der Waals surface area contributed by atoms with Crippen LogP contribution in [0.25, 0.3) is 11.4 Å². The summed E-state index contributed by atoms with van der Waals surface area (Å²) in [6.45, 7) is 0. The Balaban J connectivity index is 0.000000245. The van der Waals surface area contributed by atoms with Gasteiger partial charge in [-0.15, -0.1) is 0 Å². The molecule has 2 aromatic heterocycles. The van der Waals surface area contributed by atoms with Crippen LogP contribution in [0.5, 0.6) is 0 Å². The molecule has 2 aromatic rings. The molecule has 0 aromatic carbocycles. The van der Waals surface area contributed by atoms with E-state index in [0.29, 0.717) is 0 Å². The fraction of sp³-hybridized carbons (Fsp3) is 0. The summed E-state index contributed by atoms with van der Waals surface area (Å²) < 4.78 is 0. The molecule has 0 radical (unpaired) electrons. The number of nitrogens with two attached hydrogens (primary N) is 2. The largest absolute Gasteiger partial charge is 0.352 e. The minimum atomic E-state index is -0.833. The lowest BCUT2D eigenvalue weighted by Crippen LogP contribution is -2.18. The first kappa shape index (κ1) is 10.6. The van der Waals surface area contributed by atoms with Crippen molar-refractivity contribution < 1.29 is 4.79 Å². The molecule has 0 aliphatic heterocycles. The van der Waals surface area contributed by atoms with Gasteiger partial charge in [-0.05, 0) is 12.1 Å². The van der Waals surface area contributed by atoms with Gasteiger partial charge in [-0.25, -0.2) is 4.79 Å². The van der Waals surface area contributed by atoms with Crippen LogP contribution in [0.1, 0.15) is 0 Å². The monoisotopic (exact) mass is 206 g/mol. The molecule has 2 rings (SSSR count).